The Morgan fingerprint density at radius 2 is 1.50 bits per heavy atom. The number of rotatable bonds is 0. The second-order valence-electron chi connectivity index (χ2n) is 0.519. The molecule has 0 unspecified atom stereocenters. The van der Waals surface area contributed by atoms with Crippen LogP contribution in [-0.4, -0.2) is 11.1 Å². The van der Waals surface area contributed by atoms with Crippen LogP contribution in [0.1, 0.15) is 6.92 Å². The number of carbonyl (C=O) groups is 1. The van der Waals surface area contributed by atoms with Gasteiger partial charge in [0.15, 0.2) is 0 Å². The van der Waals surface area contributed by atoms with E-state index in [0.29, 0.717) is 0 Å². The molecule has 0 amide bonds. The predicted molar refractivity (Wildman–Crippen MR) is 13.3 cm³/mol. The Hall–Kier alpha value is 0.509. The van der Waals surface area contributed by atoms with Crippen molar-refractivity contribution in [3.63, 3.8) is 0 Å². The molecule has 40 valence electrons. The van der Waals surface area contributed by atoms with Gasteiger partial charge in [-0.05, 0) is 0 Å². The van der Waals surface area contributed by atoms with Crippen LogP contribution in [0, 0.1) is 0 Å². The van der Waals surface area contributed by atoms with E-state index < -0.39 is 5.97 Å². The summed E-state index contributed by atoms with van der Waals surface area (Å²) in [4.78, 5) is 9.00. The normalized spacial score (nSPS) is 4.17. The van der Waals surface area contributed by atoms with Crippen molar-refractivity contribution < 1.29 is 44.0 Å². The van der Waals surface area contributed by atoms with E-state index in [1.54, 1.807) is 0 Å². The third kappa shape index (κ3) is 214. The molecule has 0 aliphatic heterocycles. The summed E-state index contributed by atoms with van der Waals surface area (Å²) in [6.07, 6.45) is 0. The van der Waals surface area contributed by atoms with Gasteiger partial charge in [0.2, 0.25) is 0 Å². The maximum atomic E-state index is 9.00. The Morgan fingerprint density at radius 3 is 1.50 bits per heavy atom. The smallest absolute Gasteiger partial charge is 0.300 e. The summed E-state index contributed by atoms with van der Waals surface area (Å²) in [6.45, 7) is 1.08. The van der Waals surface area contributed by atoms with Crippen LogP contribution in [0.25, 0.3) is 0 Å². The Balaban J connectivity index is -0.0000000450. The van der Waals surface area contributed by atoms with E-state index in [0.717, 1.165) is 6.92 Å². The molecule has 0 fully saturated rings. The van der Waals surface area contributed by atoms with Crippen molar-refractivity contribution in [3.05, 3.63) is 0 Å². The molecule has 0 radical (unpaired) electrons. The second-order valence-corrected chi connectivity index (χ2v) is 0.519. The first kappa shape index (κ1) is 16.0. The average Bonchev–Trinajstić information content (AvgIpc) is 0.811. The summed E-state index contributed by atoms with van der Waals surface area (Å²) in [6, 6.07) is 0. The standard InChI is InChI=1S/C2H4O2.2Fe/c1-2(3)4;;/h1H3,(H,3,4);;. The molecule has 0 rings (SSSR count). The number of aliphatic carboxylic acids is 1. The minimum absolute atomic E-state index is 0. The minimum Gasteiger partial charge on any atom is -0.481 e. The van der Waals surface area contributed by atoms with Gasteiger partial charge in [-0.15, -0.1) is 0 Å². The van der Waals surface area contributed by atoms with Gasteiger partial charge in [-0.1, -0.05) is 0 Å². The monoisotopic (exact) mass is 172 g/mol. The third-order valence-electron chi connectivity index (χ3n) is 0. The third-order valence-corrected chi connectivity index (χ3v) is 0. The van der Waals surface area contributed by atoms with Crippen molar-refractivity contribution in [3.8, 4) is 0 Å². The molecule has 6 heavy (non-hydrogen) atoms. The summed E-state index contributed by atoms with van der Waals surface area (Å²) in [5.41, 5.74) is 0. The molecule has 0 aliphatic rings. The molecule has 0 saturated carbocycles. The van der Waals surface area contributed by atoms with Gasteiger partial charge in [0.1, 0.15) is 0 Å². The molecule has 0 aliphatic carbocycles. The van der Waals surface area contributed by atoms with E-state index in [-0.39, 0.29) is 34.1 Å². The van der Waals surface area contributed by atoms with Crippen molar-refractivity contribution in [1.29, 1.82) is 0 Å². The van der Waals surface area contributed by atoms with E-state index in [1.165, 1.54) is 0 Å². The average molecular weight is 172 g/mol. The Labute approximate surface area is 57.3 Å². The number of hydrogen-bond donors (Lipinski definition) is 1. The summed E-state index contributed by atoms with van der Waals surface area (Å²) in [7, 11) is 0. The molecule has 4 heteroatoms. The molecule has 0 bridgehead atoms. The molecule has 0 heterocycles. The summed E-state index contributed by atoms with van der Waals surface area (Å²) < 4.78 is 0. The van der Waals surface area contributed by atoms with E-state index in [4.69, 9.17) is 9.90 Å². The van der Waals surface area contributed by atoms with E-state index in [1.807, 2.05) is 0 Å². The maximum Gasteiger partial charge on any atom is 0.300 e. The zero-order chi connectivity index (χ0) is 3.58. The minimum atomic E-state index is -0.833. The molecule has 0 aromatic carbocycles. The number of hydrogen-bond acceptors (Lipinski definition) is 1. The second kappa shape index (κ2) is 9.10. The van der Waals surface area contributed by atoms with Crippen LogP contribution in [0.5, 0.6) is 0 Å². The zero-order valence-electron chi connectivity index (χ0n) is 3.06. The van der Waals surface area contributed by atoms with Crippen molar-refractivity contribution in [2.75, 3.05) is 0 Å². The van der Waals surface area contributed by atoms with Crippen molar-refractivity contribution in [2.45, 2.75) is 6.92 Å². The quantitative estimate of drug-likeness (QED) is 0.525. The topological polar surface area (TPSA) is 37.3 Å². The van der Waals surface area contributed by atoms with E-state index in [9.17, 15) is 0 Å². The maximum absolute atomic E-state index is 9.00. The molecule has 0 spiro atoms. The summed E-state index contributed by atoms with van der Waals surface area (Å²) in [5, 5.41) is 7.42. The molecule has 0 saturated heterocycles. The van der Waals surface area contributed by atoms with Crippen LogP contribution in [0.4, 0.5) is 0 Å². The van der Waals surface area contributed by atoms with Gasteiger partial charge in [0, 0.05) is 41.1 Å². The molecule has 1 N–H and O–H groups in total. The van der Waals surface area contributed by atoms with Gasteiger partial charge in [-0.2, -0.15) is 0 Å². The first-order valence-electron chi connectivity index (χ1n) is 0.928. The fourth-order valence-corrected chi connectivity index (χ4v) is 0. The fourth-order valence-electron chi connectivity index (χ4n) is 0. The number of carboxylic acids is 1. The predicted octanol–water partition coefficient (Wildman–Crippen LogP) is 0.0859. The van der Waals surface area contributed by atoms with Crippen LogP contribution in [-0.2, 0) is 38.9 Å². The SMILES string of the molecule is CC(=O)O.[Fe].[Fe]. The number of carboxylic acid groups (broad SMARTS) is 1. The van der Waals surface area contributed by atoms with Crippen LogP contribution in [0.3, 0.4) is 0 Å². The fraction of sp³-hybridized carbons (Fsp3) is 0.500. The van der Waals surface area contributed by atoms with Gasteiger partial charge in [-0.3, -0.25) is 4.79 Å². The van der Waals surface area contributed by atoms with Crippen LogP contribution < -0.4 is 0 Å². The van der Waals surface area contributed by atoms with Crippen LogP contribution in [0.2, 0.25) is 0 Å². The molecule has 0 aromatic rings. The molecule has 0 aromatic heterocycles. The van der Waals surface area contributed by atoms with Gasteiger partial charge < -0.3 is 5.11 Å². The largest absolute Gasteiger partial charge is 0.481 e. The van der Waals surface area contributed by atoms with Crippen LogP contribution >= 0.6 is 0 Å². The zero-order valence-corrected chi connectivity index (χ0v) is 5.27. The van der Waals surface area contributed by atoms with Gasteiger partial charge in [0.25, 0.3) is 5.97 Å². The van der Waals surface area contributed by atoms with Crippen LogP contribution in [0.15, 0.2) is 0 Å². The molecule has 0 atom stereocenters. The summed E-state index contributed by atoms with van der Waals surface area (Å²) >= 11 is 0. The van der Waals surface area contributed by atoms with Crippen molar-refractivity contribution in [1.82, 2.24) is 0 Å². The van der Waals surface area contributed by atoms with Gasteiger partial charge in [-0.25, -0.2) is 0 Å². The summed E-state index contributed by atoms with van der Waals surface area (Å²) in [5.74, 6) is -0.833. The molecule has 2 nitrogen and oxygen atoms in total. The molecular formula is C2H4Fe2O2. The van der Waals surface area contributed by atoms with Gasteiger partial charge in [0.05, 0.1) is 0 Å². The Bertz CT molecular complexity index is 32.5. The first-order valence-corrected chi connectivity index (χ1v) is 0.928. The Kier molecular flexibility index (Phi) is 24.3. The van der Waals surface area contributed by atoms with E-state index in [2.05, 4.69) is 0 Å². The Morgan fingerprint density at radius 1 is 1.50 bits per heavy atom. The van der Waals surface area contributed by atoms with Crippen molar-refractivity contribution in [2.24, 2.45) is 0 Å². The van der Waals surface area contributed by atoms with E-state index >= 15 is 0 Å². The van der Waals surface area contributed by atoms with Gasteiger partial charge >= 0.3 is 0 Å². The molecular weight excluding hydrogens is 168 g/mol. The van der Waals surface area contributed by atoms with Crippen molar-refractivity contribution >= 4 is 5.97 Å². The first-order chi connectivity index (χ1) is 1.73.